The van der Waals surface area contributed by atoms with E-state index in [2.05, 4.69) is 4.98 Å². The summed E-state index contributed by atoms with van der Waals surface area (Å²) in [5.41, 5.74) is 0.892. The fraction of sp³-hybridized carbons (Fsp3) is 0.294. The number of nitrogens with one attached hydrogen (secondary N) is 1. The number of halogens is 1. The van der Waals surface area contributed by atoms with Gasteiger partial charge < -0.3 is 9.88 Å². The Morgan fingerprint density at radius 1 is 1.23 bits per heavy atom. The largest absolute Gasteiger partial charge is 0.330 e. The fourth-order valence-corrected chi connectivity index (χ4v) is 2.38. The van der Waals surface area contributed by atoms with Gasteiger partial charge in [-0.05, 0) is 31.0 Å². The maximum atomic E-state index is 12.7. The Morgan fingerprint density at radius 2 is 1.95 bits per heavy atom. The fourth-order valence-electron chi connectivity index (χ4n) is 2.19. The molecule has 0 saturated carbocycles. The molecule has 0 unspecified atom stereocenters. The zero-order valence-corrected chi connectivity index (χ0v) is 13.4. The molecule has 1 N–H and O–H groups in total. The summed E-state index contributed by atoms with van der Waals surface area (Å²) in [4.78, 5) is 28.5. The van der Waals surface area contributed by atoms with Crippen molar-refractivity contribution in [3.05, 3.63) is 69.1 Å². The Bertz CT molecular complexity index is 712. The van der Waals surface area contributed by atoms with Crippen molar-refractivity contribution >= 4 is 17.5 Å². The lowest BCUT2D eigenvalue weighted by molar-refractivity contribution is 0.0665. The van der Waals surface area contributed by atoms with Gasteiger partial charge in [0.2, 0.25) is 5.56 Å². The number of nitrogens with zero attached hydrogens (tertiary/aromatic N) is 1. The van der Waals surface area contributed by atoms with E-state index >= 15 is 0 Å². The quantitative estimate of drug-likeness (QED) is 0.917. The molecule has 22 heavy (non-hydrogen) atoms. The predicted molar refractivity (Wildman–Crippen MR) is 88.1 cm³/mol. The molecular formula is C17H19ClN2O2. The van der Waals surface area contributed by atoms with E-state index in [1.54, 1.807) is 23.1 Å². The maximum absolute atomic E-state index is 12.7. The average Bonchev–Trinajstić information content (AvgIpc) is 2.53. The Hall–Kier alpha value is -2.07. The first-order valence-corrected chi connectivity index (χ1v) is 7.64. The smallest absolute Gasteiger partial charge is 0.270 e. The van der Waals surface area contributed by atoms with Gasteiger partial charge in [-0.15, -0.1) is 0 Å². The summed E-state index contributed by atoms with van der Waals surface area (Å²) < 4.78 is 0. The number of H-pyrrole nitrogens is 1. The maximum Gasteiger partial charge on any atom is 0.270 e. The molecule has 0 radical (unpaired) electrons. The van der Waals surface area contributed by atoms with E-state index in [9.17, 15) is 9.59 Å². The number of aromatic nitrogens is 1. The third-order valence-electron chi connectivity index (χ3n) is 3.68. The average molecular weight is 319 g/mol. The topological polar surface area (TPSA) is 53.2 Å². The van der Waals surface area contributed by atoms with Gasteiger partial charge in [0, 0.05) is 23.7 Å². The minimum Gasteiger partial charge on any atom is -0.330 e. The third kappa shape index (κ3) is 3.77. The van der Waals surface area contributed by atoms with Crippen molar-refractivity contribution in [3.63, 3.8) is 0 Å². The van der Waals surface area contributed by atoms with Crippen LogP contribution in [0.3, 0.4) is 0 Å². The van der Waals surface area contributed by atoms with E-state index < -0.39 is 0 Å². The molecule has 0 aliphatic heterocycles. The third-order valence-corrected chi connectivity index (χ3v) is 4.05. The number of pyridine rings is 1. The van der Waals surface area contributed by atoms with Crippen molar-refractivity contribution in [2.45, 2.75) is 32.9 Å². The molecule has 1 atom stereocenters. The van der Waals surface area contributed by atoms with Crippen LogP contribution in [0.15, 0.2) is 47.3 Å². The molecule has 1 aromatic carbocycles. The van der Waals surface area contributed by atoms with Gasteiger partial charge in [0.15, 0.2) is 0 Å². The molecule has 2 aromatic rings. The van der Waals surface area contributed by atoms with E-state index in [0.717, 1.165) is 12.0 Å². The number of rotatable bonds is 5. The summed E-state index contributed by atoms with van der Waals surface area (Å²) in [6, 6.07) is 12.1. The van der Waals surface area contributed by atoms with E-state index in [-0.39, 0.29) is 17.5 Å². The molecule has 0 aliphatic rings. The van der Waals surface area contributed by atoms with E-state index in [1.807, 2.05) is 32.0 Å². The van der Waals surface area contributed by atoms with Crippen molar-refractivity contribution in [3.8, 4) is 0 Å². The summed E-state index contributed by atoms with van der Waals surface area (Å²) in [5, 5.41) is 0.630. The van der Waals surface area contributed by atoms with Gasteiger partial charge in [-0.1, -0.05) is 42.8 Å². The SMILES string of the molecule is CC[C@H](C)N(Cc1ccccc1Cl)C(=O)c1cccc(=O)[nH]1. The van der Waals surface area contributed by atoms with Crippen LogP contribution in [0.1, 0.15) is 36.3 Å². The molecule has 0 saturated heterocycles. The van der Waals surface area contributed by atoms with Crippen LogP contribution in [0, 0.1) is 0 Å². The summed E-state index contributed by atoms with van der Waals surface area (Å²) in [7, 11) is 0. The van der Waals surface area contributed by atoms with Crippen LogP contribution in [0.5, 0.6) is 0 Å². The lowest BCUT2D eigenvalue weighted by Crippen LogP contribution is -2.38. The number of benzene rings is 1. The molecule has 0 spiro atoms. The number of aromatic amines is 1. The van der Waals surface area contributed by atoms with Crippen LogP contribution < -0.4 is 5.56 Å². The van der Waals surface area contributed by atoms with Crippen LogP contribution in [0.4, 0.5) is 0 Å². The van der Waals surface area contributed by atoms with Crippen molar-refractivity contribution in [1.29, 1.82) is 0 Å². The number of hydrogen-bond acceptors (Lipinski definition) is 2. The van der Waals surface area contributed by atoms with Gasteiger partial charge in [0.25, 0.3) is 5.91 Å². The molecule has 4 nitrogen and oxygen atoms in total. The lowest BCUT2D eigenvalue weighted by Gasteiger charge is -2.29. The van der Waals surface area contributed by atoms with Crippen LogP contribution in [0.2, 0.25) is 5.02 Å². The van der Waals surface area contributed by atoms with Gasteiger partial charge in [0.1, 0.15) is 5.69 Å². The summed E-state index contributed by atoms with van der Waals surface area (Å²) >= 11 is 6.20. The molecular weight excluding hydrogens is 300 g/mol. The highest BCUT2D eigenvalue weighted by molar-refractivity contribution is 6.31. The normalized spacial score (nSPS) is 12.0. The molecule has 5 heteroatoms. The first-order valence-electron chi connectivity index (χ1n) is 7.26. The zero-order valence-electron chi connectivity index (χ0n) is 12.7. The molecule has 1 aromatic heterocycles. The number of amides is 1. The highest BCUT2D eigenvalue weighted by Crippen LogP contribution is 2.20. The van der Waals surface area contributed by atoms with Crippen molar-refractivity contribution in [2.24, 2.45) is 0 Å². The molecule has 2 rings (SSSR count). The summed E-state index contributed by atoms with van der Waals surface area (Å²) in [5.74, 6) is -0.202. The Kier molecular flexibility index (Phi) is 5.39. The molecule has 0 bridgehead atoms. The number of carbonyl (C=O) groups is 1. The van der Waals surface area contributed by atoms with Crippen LogP contribution in [0.25, 0.3) is 0 Å². The molecule has 0 fully saturated rings. The standard InChI is InChI=1S/C17H19ClN2O2/c1-3-12(2)20(11-13-7-4-5-8-14(13)18)17(22)15-9-6-10-16(21)19-15/h4-10,12H,3,11H2,1-2H3,(H,19,21)/t12-/m0/s1. The van der Waals surface area contributed by atoms with Crippen molar-refractivity contribution < 1.29 is 4.79 Å². The predicted octanol–water partition coefficient (Wildman–Crippen LogP) is 3.47. The molecule has 1 amide bonds. The number of hydrogen-bond donors (Lipinski definition) is 1. The van der Waals surface area contributed by atoms with E-state index in [0.29, 0.717) is 17.3 Å². The summed E-state index contributed by atoms with van der Waals surface area (Å²) in [6.07, 6.45) is 0.813. The highest BCUT2D eigenvalue weighted by atomic mass is 35.5. The minimum absolute atomic E-state index is 0.0347. The summed E-state index contributed by atoms with van der Waals surface area (Å²) in [6.45, 7) is 4.41. The van der Waals surface area contributed by atoms with Crippen molar-refractivity contribution in [2.75, 3.05) is 0 Å². The number of carbonyl (C=O) groups excluding carboxylic acids is 1. The second-order valence-electron chi connectivity index (χ2n) is 5.21. The Morgan fingerprint density at radius 3 is 2.59 bits per heavy atom. The van der Waals surface area contributed by atoms with Crippen LogP contribution in [-0.4, -0.2) is 21.8 Å². The van der Waals surface area contributed by atoms with Gasteiger partial charge >= 0.3 is 0 Å². The van der Waals surface area contributed by atoms with E-state index in [1.165, 1.54) is 6.07 Å². The van der Waals surface area contributed by atoms with Gasteiger partial charge in [0.05, 0.1) is 0 Å². The molecule has 0 aliphatic carbocycles. The van der Waals surface area contributed by atoms with E-state index in [4.69, 9.17) is 11.6 Å². The first-order chi connectivity index (χ1) is 10.5. The second-order valence-corrected chi connectivity index (χ2v) is 5.62. The van der Waals surface area contributed by atoms with Gasteiger partial charge in [-0.2, -0.15) is 0 Å². The molecule has 1 heterocycles. The molecule has 116 valence electrons. The zero-order chi connectivity index (χ0) is 16.1. The Labute approximate surface area is 134 Å². The highest BCUT2D eigenvalue weighted by Gasteiger charge is 2.22. The second kappa shape index (κ2) is 7.27. The van der Waals surface area contributed by atoms with Gasteiger partial charge in [-0.25, -0.2) is 0 Å². The Balaban J connectivity index is 2.32. The minimum atomic E-state index is -0.285. The first kappa shape index (κ1) is 16.3. The van der Waals surface area contributed by atoms with Crippen LogP contribution >= 0.6 is 11.6 Å². The van der Waals surface area contributed by atoms with Gasteiger partial charge in [-0.3, -0.25) is 9.59 Å². The monoisotopic (exact) mass is 318 g/mol. The lowest BCUT2D eigenvalue weighted by atomic mass is 10.1. The van der Waals surface area contributed by atoms with Crippen molar-refractivity contribution in [1.82, 2.24) is 9.88 Å². The van der Waals surface area contributed by atoms with Crippen LogP contribution in [-0.2, 0) is 6.54 Å².